The molecule has 8 nitrogen and oxygen atoms in total. The highest BCUT2D eigenvalue weighted by molar-refractivity contribution is 5.94. The Kier molecular flexibility index (Phi) is 8.03. The van der Waals surface area contributed by atoms with E-state index in [1.807, 2.05) is 0 Å². The van der Waals surface area contributed by atoms with Crippen LogP contribution in [-0.4, -0.2) is 33.2 Å². The van der Waals surface area contributed by atoms with Gasteiger partial charge in [-0.2, -0.15) is 18.3 Å². The highest BCUT2D eigenvalue weighted by atomic mass is 19.4. The molecule has 2 aromatic carbocycles. The number of benzene rings is 2. The summed E-state index contributed by atoms with van der Waals surface area (Å²) in [5, 5.41) is 6.42. The molecule has 42 heavy (non-hydrogen) atoms. The molecule has 0 fully saturated rings. The van der Waals surface area contributed by atoms with Crippen molar-refractivity contribution < 1.29 is 36.3 Å². The average Bonchev–Trinajstić information content (AvgIpc) is 3.31. The van der Waals surface area contributed by atoms with Gasteiger partial charge in [0, 0.05) is 29.0 Å². The van der Waals surface area contributed by atoms with Crippen LogP contribution in [0.15, 0.2) is 60.8 Å². The number of primary amides is 1. The van der Waals surface area contributed by atoms with Gasteiger partial charge in [0.2, 0.25) is 11.8 Å². The van der Waals surface area contributed by atoms with E-state index in [2.05, 4.69) is 15.4 Å². The zero-order valence-electron chi connectivity index (χ0n) is 21.9. The smallest absolute Gasteiger partial charge is 0.375 e. The van der Waals surface area contributed by atoms with Crippen molar-refractivity contribution >= 4 is 11.8 Å². The molecule has 0 aliphatic carbocycles. The summed E-state index contributed by atoms with van der Waals surface area (Å²) in [6, 6.07) is 11.6. The van der Waals surface area contributed by atoms with Gasteiger partial charge in [-0.1, -0.05) is 18.2 Å². The highest BCUT2D eigenvalue weighted by Gasteiger charge is 2.40. The minimum atomic E-state index is -4.71. The zero-order chi connectivity index (χ0) is 30.0. The second-order valence-corrected chi connectivity index (χ2v) is 9.72. The van der Waals surface area contributed by atoms with Crippen LogP contribution >= 0.6 is 0 Å². The summed E-state index contributed by atoms with van der Waals surface area (Å²) in [5.74, 6) is -3.03. The molecule has 1 atom stereocenters. The van der Waals surface area contributed by atoms with E-state index in [0.717, 1.165) is 16.8 Å². The summed E-state index contributed by atoms with van der Waals surface area (Å²) in [6.45, 7) is -0.618. The van der Waals surface area contributed by atoms with Crippen molar-refractivity contribution in [3.05, 3.63) is 106 Å². The molecule has 0 saturated heterocycles. The molecule has 3 heterocycles. The minimum Gasteiger partial charge on any atom is -0.375 e. The van der Waals surface area contributed by atoms with E-state index in [0.29, 0.717) is 22.9 Å². The SMILES string of the molecule is NC(=O)c1cccc(-c2cccnc2C(Cc2cc(F)cc(F)c2)NC(=O)Cn2nc(C(F)(F)F)c3c2COCC3)c1. The molecule has 1 aliphatic rings. The first-order valence-corrected chi connectivity index (χ1v) is 12.8. The highest BCUT2D eigenvalue weighted by Crippen LogP contribution is 2.35. The first-order chi connectivity index (χ1) is 20.0. The Bertz CT molecular complexity index is 1630. The zero-order valence-corrected chi connectivity index (χ0v) is 21.9. The quantitative estimate of drug-likeness (QED) is 0.296. The van der Waals surface area contributed by atoms with E-state index in [-0.39, 0.29) is 48.4 Å². The van der Waals surface area contributed by atoms with Gasteiger partial charge in [-0.3, -0.25) is 19.3 Å². The summed E-state index contributed by atoms with van der Waals surface area (Å²) in [7, 11) is 0. The van der Waals surface area contributed by atoms with E-state index < -0.39 is 47.9 Å². The summed E-state index contributed by atoms with van der Waals surface area (Å²) >= 11 is 0. The van der Waals surface area contributed by atoms with E-state index in [1.54, 1.807) is 24.3 Å². The maximum atomic E-state index is 14.1. The van der Waals surface area contributed by atoms with Crippen LogP contribution in [0.5, 0.6) is 0 Å². The van der Waals surface area contributed by atoms with Gasteiger partial charge in [0.05, 0.1) is 30.6 Å². The summed E-state index contributed by atoms with van der Waals surface area (Å²) in [6.07, 6.45) is -3.37. The van der Waals surface area contributed by atoms with Crippen LogP contribution in [0.2, 0.25) is 0 Å². The second kappa shape index (κ2) is 11.7. The van der Waals surface area contributed by atoms with Crippen LogP contribution < -0.4 is 11.1 Å². The number of carbonyl (C=O) groups is 2. The van der Waals surface area contributed by atoms with E-state index in [1.165, 1.54) is 18.3 Å². The van der Waals surface area contributed by atoms with Crippen molar-refractivity contribution in [3.8, 4) is 11.1 Å². The third kappa shape index (κ3) is 6.30. The van der Waals surface area contributed by atoms with E-state index >= 15 is 0 Å². The molecule has 2 amide bonds. The monoisotopic (exact) mass is 585 g/mol. The number of amides is 2. The Balaban J connectivity index is 1.51. The number of aromatic nitrogens is 3. The third-order valence-electron chi connectivity index (χ3n) is 6.79. The van der Waals surface area contributed by atoms with Gasteiger partial charge < -0.3 is 15.8 Å². The van der Waals surface area contributed by atoms with Gasteiger partial charge in [-0.15, -0.1) is 0 Å². The topological polar surface area (TPSA) is 112 Å². The third-order valence-corrected chi connectivity index (χ3v) is 6.79. The molecular formula is C29H24F5N5O3. The van der Waals surface area contributed by atoms with Crippen LogP contribution in [0.25, 0.3) is 11.1 Å². The van der Waals surface area contributed by atoms with Gasteiger partial charge in [-0.25, -0.2) is 8.78 Å². The van der Waals surface area contributed by atoms with Crippen molar-refractivity contribution in [1.29, 1.82) is 0 Å². The molecule has 5 rings (SSSR count). The Morgan fingerprint density at radius 2 is 1.83 bits per heavy atom. The van der Waals surface area contributed by atoms with Crippen LogP contribution in [0.3, 0.4) is 0 Å². The number of alkyl halides is 3. The number of pyridine rings is 1. The van der Waals surface area contributed by atoms with Crippen LogP contribution in [0.4, 0.5) is 22.0 Å². The largest absolute Gasteiger partial charge is 0.435 e. The lowest BCUT2D eigenvalue weighted by Gasteiger charge is -2.22. The van der Waals surface area contributed by atoms with E-state index in [4.69, 9.17) is 10.5 Å². The number of hydrogen-bond donors (Lipinski definition) is 2. The van der Waals surface area contributed by atoms with Crippen molar-refractivity contribution in [3.63, 3.8) is 0 Å². The van der Waals surface area contributed by atoms with Crippen LogP contribution in [0, 0.1) is 11.6 Å². The number of fused-ring (bicyclic) bond motifs is 1. The molecule has 1 unspecified atom stereocenters. The van der Waals surface area contributed by atoms with Crippen molar-refractivity contribution in [2.45, 2.75) is 38.2 Å². The molecule has 0 saturated carbocycles. The normalized spacial score (nSPS) is 13.8. The van der Waals surface area contributed by atoms with Gasteiger partial charge in [0.25, 0.3) is 0 Å². The molecule has 0 bridgehead atoms. The Morgan fingerprint density at radius 1 is 1.07 bits per heavy atom. The number of hydrogen-bond acceptors (Lipinski definition) is 5. The van der Waals surface area contributed by atoms with Crippen molar-refractivity contribution in [2.75, 3.05) is 6.61 Å². The summed E-state index contributed by atoms with van der Waals surface area (Å²) in [4.78, 5) is 29.5. The number of ether oxygens (including phenoxy) is 1. The van der Waals surface area contributed by atoms with Crippen molar-refractivity contribution in [2.24, 2.45) is 5.73 Å². The molecular weight excluding hydrogens is 561 g/mol. The Labute approximate surface area is 236 Å². The van der Waals surface area contributed by atoms with Crippen LogP contribution in [-0.2, 0) is 41.7 Å². The standard InChI is InChI=1S/C29H24F5N5O3/c30-19-9-16(10-20(31)13-19)11-23(26-21(5-2-7-36-26)17-3-1-4-18(12-17)28(35)41)37-25(40)14-39-24-15-42-8-6-22(24)27(38-39)29(32,33)34/h1-5,7,9-10,12-13,23H,6,8,11,14-15H2,(H2,35,41)(H,37,40). The van der Waals surface area contributed by atoms with Crippen LogP contribution in [0.1, 0.15) is 44.6 Å². The fourth-order valence-corrected chi connectivity index (χ4v) is 5.00. The predicted octanol–water partition coefficient (Wildman–Crippen LogP) is 4.51. The number of rotatable bonds is 8. The second-order valence-electron chi connectivity index (χ2n) is 9.72. The fraction of sp³-hybridized carbons (Fsp3) is 0.241. The molecule has 0 radical (unpaired) electrons. The van der Waals surface area contributed by atoms with Gasteiger partial charge >= 0.3 is 6.18 Å². The fourth-order valence-electron chi connectivity index (χ4n) is 5.00. The number of nitrogens with two attached hydrogens (primary N) is 1. The lowest BCUT2D eigenvalue weighted by molar-refractivity contribution is -0.142. The number of carbonyl (C=O) groups excluding carboxylic acids is 2. The van der Waals surface area contributed by atoms with E-state index in [9.17, 15) is 31.5 Å². The lowest BCUT2D eigenvalue weighted by atomic mass is 9.94. The molecule has 1 aliphatic heterocycles. The molecule has 218 valence electrons. The summed E-state index contributed by atoms with van der Waals surface area (Å²) in [5.41, 5.74) is 6.24. The van der Waals surface area contributed by atoms with Gasteiger partial charge in [0.15, 0.2) is 5.69 Å². The number of halogens is 5. The first-order valence-electron chi connectivity index (χ1n) is 12.8. The Hall–Kier alpha value is -4.65. The molecule has 4 aromatic rings. The molecule has 0 spiro atoms. The average molecular weight is 586 g/mol. The predicted molar refractivity (Wildman–Crippen MR) is 140 cm³/mol. The Morgan fingerprint density at radius 3 is 2.55 bits per heavy atom. The molecule has 2 aromatic heterocycles. The van der Waals surface area contributed by atoms with Crippen molar-refractivity contribution in [1.82, 2.24) is 20.1 Å². The van der Waals surface area contributed by atoms with Gasteiger partial charge in [0.1, 0.15) is 18.2 Å². The van der Waals surface area contributed by atoms with Gasteiger partial charge in [-0.05, 0) is 54.3 Å². The maximum absolute atomic E-state index is 14.1. The maximum Gasteiger partial charge on any atom is 0.435 e. The first kappa shape index (κ1) is 28.9. The minimum absolute atomic E-state index is 0.00121. The summed E-state index contributed by atoms with van der Waals surface area (Å²) < 4.78 is 75.3. The molecule has 13 heteroatoms. The number of nitrogens with zero attached hydrogens (tertiary/aromatic N) is 3. The number of nitrogens with one attached hydrogen (secondary N) is 1. The molecule has 3 N–H and O–H groups in total. The lowest BCUT2D eigenvalue weighted by Crippen LogP contribution is -2.34.